The molecule has 0 atom stereocenters. The Kier molecular flexibility index (Phi) is 5.53. The maximum Gasteiger partial charge on any atom is 0.193 e. The normalized spacial score (nSPS) is 15.6. The van der Waals surface area contributed by atoms with Gasteiger partial charge in [-0.25, -0.2) is 4.98 Å². The van der Waals surface area contributed by atoms with E-state index in [1.165, 1.54) is 5.56 Å². The molecule has 0 bridgehead atoms. The molecule has 25 heavy (non-hydrogen) atoms. The first-order chi connectivity index (χ1) is 12.2. The Morgan fingerprint density at radius 1 is 1.24 bits per heavy atom. The summed E-state index contributed by atoms with van der Waals surface area (Å²) in [6, 6.07) is 6.04. The molecule has 1 aliphatic heterocycles. The number of hydrogen-bond donors (Lipinski definition) is 1. The van der Waals surface area contributed by atoms with Gasteiger partial charge >= 0.3 is 0 Å². The summed E-state index contributed by atoms with van der Waals surface area (Å²) in [5, 5.41) is 7.46. The van der Waals surface area contributed by atoms with E-state index >= 15 is 0 Å². The van der Waals surface area contributed by atoms with Crippen LogP contribution in [0.2, 0.25) is 0 Å². The molecule has 0 aromatic carbocycles. The van der Waals surface area contributed by atoms with Crippen molar-refractivity contribution in [3.05, 3.63) is 41.4 Å². The van der Waals surface area contributed by atoms with Crippen molar-refractivity contribution in [2.75, 3.05) is 44.7 Å². The lowest BCUT2D eigenvalue weighted by Crippen LogP contribution is -2.53. The van der Waals surface area contributed by atoms with Gasteiger partial charge in [-0.15, -0.1) is 0 Å². The molecular weight excluding hydrogens is 316 g/mol. The van der Waals surface area contributed by atoms with Crippen molar-refractivity contribution >= 4 is 11.8 Å². The SMILES string of the molecule is CN=C(NCCc1c(C)noc1C)N1CCN(c2ccccn2)CC1. The highest BCUT2D eigenvalue weighted by Crippen LogP contribution is 2.13. The fraction of sp³-hybridized carbons (Fsp3) is 0.500. The minimum Gasteiger partial charge on any atom is -0.361 e. The molecule has 1 aliphatic rings. The lowest BCUT2D eigenvalue weighted by molar-refractivity contribution is 0.371. The summed E-state index contributed by atoms with van der Waals surface area (Å²) in [5.74, 6) is 2.90. The molecule has 1 fully saturated rings. The second-order valence-electron chi connectivity index (χ2n) is 6.19. The van der Waals surface area contributed by atoms with E-state index in [4.69, 9.17) is 4.52 Å². The van der Waals surface area contributed by atoms with Crippen molar-refractivity contribution in [2.45, 2.75) is 20.3 Å². The lowest BCUT2D eigenvalue weighted by Gasteiger charge is -2.37. The number of aliphatic imine (C=N–C) groups is 1. The summed E-state index contributed by atoms with van der Waals surface area (Å²) < 4.78 is 5.22. The monoisotopic (exact) mass is 342 g/mol. The summed E-state index contributed by atoms with van der Waals surface area (Å²) in [5.41, 5.74) is 2.15. The summed E-state index contributed by atoms with van der Waals surface area (Å²) >= 11 is 0. The number of nitrogens with one attached hydrogen (secondary N) is 1. The molecule has 0 aliphatic carbocycles. The van der Waals surface area contributed by atoms with Gasteiger partial charge in [0.1, 0.15) is 11.6 Å². The first-order valence-corrected chi connectivity index (χ1v) is 8.72. The van der Waals surface area contributed by atoms with Gasteiger partial charge in [0.05, 0.1) is 5.69 Å². The van der Waals surface area contributed by atoms with Gasteiger partial charge in [-0.1, -0.05) is 11.2 Å². The van der Waals surface area contributed by atoms with Crippen molar-refractivity contribution in [2.24, 2.45) is 4.99 Å². The Hall–Kier alpha value is -2.57. The van der Waals surface area contributed by atoms with E-state index in [-0.39, 0.29) is 0 Å². The van der Waals surface area contributed by atoms with E-state index in [2.05, 4.69) is 36.3 Å². The molecule has 2 aromatic rings. The third-order valence-corrected chi connectivity index (χ3v) is 4.60. The number of aromatic nitrogens is 2. The molecule has 3 rings (SSSR count). The number of nitrogens with zero attached hydrogens (tertiary/aromatic N) is 5. The van der Waals surface area contributed by atoms with E-state index in [1.54, 1.807) is 0 Å². The standard InChI is InChI=1S/C18H26N6O/c1-14-16(15(2)25-22-14)7-9-21-18(19-3)24-12-10-23(11-13-24)17-6-4-5-8-20-17/h4-6,8H,7,9-13H2,1-3H3,(H,19,21). The van der Waals surface area contributed by atoms with Crippen molar-refractivity contribution < 1.29 is 4.52 Å². The van der Waals surface area contributed by atoms with Gasteiger partial charge in [-0.3, -0.25) is 4.99 Å². The first-order valence-electron chi connectivity index (χ1n) is 8.72. The van der Waals surface area contributed by atoms with Crippen LogP contribution in [0, 0.1) is 13.8 Å². The van der Waals surface area contributed by atoms with Crippen LogP contribution in [0.25, 0.3) is 0 Å². The molecule has 7 nitrogen and oxygen atoms in total. The minimum atomic E-state index is 0.815. The third-order valence-electron chi connectivity index (χ3n) is 4.60. The zero-order valence-electron chi connectivity index (χ0n) is 15.2. The van der Waals surface area contributed by atoms with Crippen LogP contribution >= 0.6 is 0 Å². The number of guanidine groups is 1. The number of piperazine rings is 1. The van der Waals surface area contributed by atoms with E-state index < -0.39 is 0 Å². The molecule has 0 radical (unpaired) electrons. The van der Waals surface area contributed by atoms with Crippen LogP contribution in [0.4, 0.5) is 5.82 Å². The van der Waals surface area contributed by atoms with Gasteiger partial charge in [-0.2, -0.15) is 0 Å². The highest BCUT2D eigenvalue weighted by atomic mass is 16.5. The number of hydrogen-bond acceptors (Lipinski definition) is 5. The van der Waals surface area contributed by atoms with E-state index in [0.29, 0.717) is 0 Å². The fourth-order valence-corrected chi connectivity index (χ4v) is 3.18. The molecule has 0 amide bonds. The molecule has 2 aromatic heterocycles. The molecule has 1 N–H and O–H groups in total. The van der Waals surface area contributed by atoms with Gasteiger partial charge in [0, 0.05) is 51.5 Å². The highest BCUT2D eigenvalue weighted by molar-refractivity contribution is 5.80. The first kappa shape index (κ1) is 17.3. The summed E-state index contributed by atoms with van der Waals surface area (Å²) in [4.78, 5) is 13.5. The van der Waals surface area contributed by atoms with Crippen LogP contribution < -0.4 is 10.2 Å². The molecule has 0 spiro atoms. The van der Waals surface area contributed by atoms with Crippen LogP contribution in [0.1, 0.15) is 17.0 Å². The van der Waals surface area contributed by atoms with E-state index in [0.717, 1.165) is 62.4 Å². The second-order valence-corrected chi connectivity index (χ2v) is 6.19. The third kappa shape index (κ3) is 4.10. The molecule has 1 saturated heterocycles. The van der Waals surface area contributed by atoms with Gasteiger partial charge in [0.2, 0.25) is 0 Å². The molecule has 0 saturated carbocycles. The average molecular weight is 342 g/mol. The number of rotatable bonds is 4. The zero-order chi connectivity index (χ0) is 17.6. The van der Waals surface area contributed by atoms with Crippen molar-refractivity contribution in [3.63, 3.8) is 0 Å². The summed E-state index contributed by atoms with van der Waals surface area (Å²) in [6.07, 6.45) is 2.73. The fourth-order valence-electron chi connectivity index (χ4n) is 3.18. The number of anilines is 1. The molecule has 0 unspecified atom stereocenters. The molecule has 3 heterocycles. The summed E-state index contributed by atoms with van der Waals surface area (Å²) in [6.45, 7) is 8.51. The van der Waals surface area contributed by atoms with Gasteiger partial charge < -0.3 is 19.6 Å². The van der Waals surface area contributed by atoms with Crippen molar-refractivity contribution in [1.29, 1.82) is 0 Å². The number of aryl methyl sites for hydroxylation is 2. The Labute approximate surface area is 148 Å². The highest BCUT2D eigenvalue weighted by Gasteiger charge is 2.20. The Bertz CT molecular complexity index is 684. The predicted molar refractivity (Wildman–Crippen MR) is 99.1 cm³/mol. The van der Waals surface area contributed by atoms with Gasteiger partial charge in [0.25, 0.3) is 0 Å². The number of pyridine rings is 1. The Morgan fingerprint density at radius 2 is 2.04 bits per heavy atom. The van der Waals surface area contributed by atoms with E-state index in [9.17, 15) is 0 Å². The smallest absolute Gasteiger partial charge is 0.193 e. The van der Waals surface area contributed by atoms with Gasteiger partial charge in [0.15, 0.2) is 5.96 Å². The average Bonchev–Trinajstić information content (AvgIpc) is 2.98. The van der Waals surface area contributed by atoms with Crippen LogP contribution in [0.3, 0.4) is 0 Å². The van der Waals surface area contributed by atoms with Crippen molar-refractivity contribution in [1.82, 2.24) is 20.4 Å². The summed E-state index contributed by atoms with van der Waals surface area (Å²) in [7, 11) is 1.84. The maximum absolute atomic E-state index is 5.22. The van der Waals surface area contributed by atoms with Gasteiger partial charge in [-0.05, 0) is 32.4 Å². The maximum atomic E-state index is 5.22. The second kappa shape index (κ2) is 8.00. The molecular formula is C18H26N6O. The Balaban J connectivity index is 1.49. The van der Waals surface area contributed by atoms with Crippen LogP contribution in [0.15, 0.2) is 33.9 Å². The lowest BCUT2D eigenvalue weighted by atomic mass is 10.1. The van der Waals surface area contributed by atoms with E-state index in [1.807, 2.05) is 39.2 Å². The molecule has 7 heteroatoms. The van der Waals surface area contributed by atoms with Crippen LogP contribution in [-0.2, 0) is 6.42 Å². The van der Waals surface area contributed by atoms with Crippen molar-refractivity contribution in [3.8, 4) is 0 Å². The Morgan fingerprint density at radius 3 is 2.64 bits per heavy atom. The van der Waals surface area contributed by atoms with Crippen LogP contribution in [-0.4, -0.2) is 60.8 Å². The topological polar surface area (TPSA) is 69.8 Å². The largest absolute Gasteiger partial charge is 0.361 e. The quantitative estimate of drug-likeness (QED) is 0.673. The van der Waals surface area contributed by atoms with Crippen LogP contribution in [0.5, 0.6) is 0 Å². The predicted octanol–water partition coefficient (Wildman–Crippen LogP) is 1.63. The zero-order valence-corrected chi connectivity index (χ0v) is 15.2. The molecule has 134 valence electrons. The minimum absolute atomic E-state index is 0.815.